The lowest BCUT2D eigenvalue weighted by molar-refractivity contribution is 0.355. The van der Waals surface area contributed by atoms with Gasteiger partial charge in [-0.05, 0) is 34.6 Å². The molecule has 0 saturated heterocycles. The molecule has 0 spiro atoms. The zero-order chi connectivity index (χ0) is 10.1. The van der Waals surface area contributed by atoms with E-state index in [1.54, 1.807) is 0 Å². The molecule has 13 heavy (non-hydrogen) atoms. The van der Waals surface area contributed by atoms with Crippen LogP contribution < -0.4 is 5.32 Å². The van der Waals surface area contributed by atoms with E-state index in [9.17, 15) is 0 Å². The molecule has 0 saturated carbocycles. The van der Waals surface area contributed by atoms with E-state index in [0.717, 1.165) is 5.69 Å². The fraction of sp³-hybridized carbons (Fsp3) is 0.700. The summed E-state index contributed by atoms with van der Waals surface area (Å²) in [5.74, 6) is 0. The van der Waals surface area contributed by atoms with Gasteiger partial charge in [0.1, 0.15) is 0 Å². The lowest BCUT2D eigenvalue weighted by Crippen LogP contribution is -2.22. The zero-order valence-electron chi connectivity index (χ0n) is 9.13. The van der Waals surface area contributed by atoms with E-state index in [-0.39, 0.29) is 5.54 Å². The van der Waals surface area contributed by atoms with E-state index < -0.39 is 0 Å². The molecule has 3 heteroatoms. The summed E-state index contributed by atoms with van der Waals surface area (Å²) in [7, 11) is 0. The van der Waals surface area contributed by atoms with Crippen molar-refractivity contribution in [3.05, 3.63) is 12.4 Å². The Bertz CT molecular complexity index is 268. The Morgan fingerprint density at radius 3 is 2.38 bits per heavy atom. The highest BCUT2D eigenvalue weighted by atomic mass is 15.3. The highest BCUT2D eigenvalue weighted by molar-refractivity contribution is 5.39. The topological polar surface area (TPSA) is 29.9 Å². The summed E-state index contributed by atoms with van der Waals surface area (Å²) < 4.78 is 1.97. The largest absolute Gasteiger partial charge is 0.380 e. The molecule has 0 radical (unpaired) electrons. The number of rotatable bonds is 2. The number of hydrogen-bond acceptors (Lipinski definition) is 2. The van der Waals surface area contributed by atoms with Gasteiger partial charge in [-0.3, -0.25) is 4.68 Å². The molecule has 1 N–H and O–H groups in total. The molecule has 0 aromatic carbocycles. The van der Waals surface area contributed by atoms with Crippen LogP contribution >= 0.6 is 0 Å². The van der Waals surface area contributed by atoms with E-state index in [0.29, 0.717) is 6.04 Å². The Kier molecular flexibility index (Phi) is 2.64. The minimum absolute atomic E-state index is 0.0664. The van der Waals surface area contributed by atoms with Crippen molar-refractivity contribution in [2.75, 3.05) is 5.32 Å². The molecule has 0 aliphatic carbocycles. The summed E-state index contributed by atoms with van der Waals surface area (Å²) in [4.78, 5) is 0. The smallest absolute Gasteiger partial charge is 0.0728 e. The molecule has 1 rings (SSSR count). The molecule has 1 heterocycles. The molecule has 0 fully saturated rings. The third-order valence-corrected chi connectivity index (χ3v) is 1.73. The monoisotopic (exact) mass is 181 g/mol. The van der Waals surface area contributed by atoms with Gasteiger partial charge in [-0.1, -0.05) is 0 Å². The minimum atomic E-state index is 0.0664. The number of hydrogen-bond donors (Lipinski definition) is 1. The molecular formula is C10H19N3. The summed E-state index contributed by atoms with van der Waals surface area (Å²) in [6.45, 7) is 10.7. The first-order valence-electron chi connectivity index (χ1n) is 4.71. The third kappa shape index (κ3) is 2.76. The molecule has 0 atom stereocenters. The van der Waals surface area contributed by atoms with Crippen molar-refractivity contribution in [2.45, 2.75) is 46.2 Å². The maximum atomic E-state index is 4.29. The second-order valence-electron chi connectivity index (χ2n) is 4.64. The predicted octanol–water partition coefficient (Wildman–Crippen LogP) is 2.46. The number of anilines is 1. The minimum Gasteiger partial charge on any atom is -0.380 e. The normalized spacial score (nSPS) is 12.2. The Morgan fingerprint density at radius 2 is 2.00 bits per heavy atom. The second-order valence-corrected chi connectivity index (χ2v) is 4.64. The predicted molar refractivity (Wildman–Crippen MR) is 56.0 cm³/mol. The molecule has 0 bridgehead atoms. The quantitative estimate of drug-likeness (QED) is 0.759. The summed E-state index contributed by atoms with van der Waals surface area (Å²) in [6, 6.07) is 0.456. The number of nitrogens with zero attached hydrogens (tertiary/aromatic N) is 2. The highest BCUT2D eigenvalue weighted by Gasteiger charge is 2.13. The van der Waals surface area contributed by atoms with Gasteiger partial charge in [-0.25, -0.2) is 0 Å². The molecule has 1 aromatic rings. The molecule has 74 valence electrons. The standard InChI is InChI=1S/C10H19N3/c1-8(2)12-9-6-11-13(7-9)10(3,4)5/h6-8,12H,1-5H3. The fourth-order valence-electron chi connectivity index (χ4n) is 1.10. The van der Waals surface area contributed by atoms with Gasteiger partial charge in [0.05, 0.1) is 17.4 Å². The lowest BCUT2D eigenvalue weighted by atomic mass is 10.1. The highest BCUT2D eigenvalue weighted by Crippen LogP contribution is 2.15. The Morgan fingerprint density at radius 1 is 1.38 bits per heavy atom. The number of nitrogens with one attached hydrogen (secondary N) is 1. The van der Waals surface area contributed by atoms with Gasteiger partial charge in [-0.15, -0.1) is 0 Å². The first kappa shape index (κ1) is 10.1. The summed E-state index contributed by atoms with van der Waals surface area (Å²) in [6.07, 6.45) is 3.91. The van der Waals surface area contributed by atoms with E-state index in [1.165, 1.54) is 0 Å². The Hall–Kier alpha value is -0.990. The van der Waals surface area contributed by atoms with Gasteiger partial charge in [0.25, 0.3) is 0 Å². The van der Waals surface area contributed by atoms with Crippen molar-refractivity contribution in [1.82, 2.24) is 9.78 Å². The van der Waals surface area contributed by atoms with Crippen LogP contribution in [0.15, 0.2) is 12.4 Å². The van der Waals surface area contributed by atoms with Crippen molar-refractivity contribution in [3.8, 4) is 0 Å². The Balaban J connectivity index is 2.75. The molecular weight excluding hydrogens is 162 g/mol. The van der Waals surface area contributed by atoms with Crippen LogP contribution in [0, 0.1) is 0 Å². The van der Waals surface area contributed by atoms with Gasteiger partial charge in [0.15, 0.2) is 0 Å². The van der Waals surface area contributed by atoms with Crippen LogP contribution in [0.3, 0.4) is 0 Å². The summed E-state index contributed by atoms with van der Waals surface area (Å²) in [5, 5.41) is 7.61. The lowest BCUT2D eigenvalue weighted by Gasteiger charge is -2.18. The van der Waals surface area contributed by atoms with Crippen molar-refractivity contribution >= 4 is 5.69 Å². The third-order valence-electron chi connectivity index (χ3n) is 1.73. The molecule has 3 nitrogen and oxygen atoms in total. The van der Waals surface area contributed by atoms with Crippen LogP contribution in [0.1, 0.15) is 34.6 Å². The first-order valence-corrected chi connectivity index (χ1v) is 4.71. The first-order chi connectivity index (χ1) is 5.89. The van der Waals surface area contributed by atoms with Gasteiger partial charge >= 0.3 is 0 Å². The van der Waals surface area contributed by atoms with Gasteiger partial charge in [0.2, 0.25) is 0 Å². The average molecular weight is 181 g/mol. The molecule has 0 unspecified atom stereocenters. The van der Waals surface area contributed by atoms with Gasteiger partial charge in [-0.2, -0.15) is 5.10 Å². The molecule has 1 aromatic heterocycles. The van der Waals surface area contributed by atoms with Crippen LogP contribution in [0.25, 0.3) is 0 Å². The van der Waals surface area contributed by atoms with E-state index in [1.807, 2.05) is 17.1 Å². The molecule has 0 aliphatic heterocycles. The van der Waals surface area contributed by atoms with E-state index >= 15 is 0 Å². The fourth-order valence-corrected chi connectivity index (χ4v) is 1.10. The van der Waals surface area contributed by atoms with Crippen LogP contribution in [-0.2, 0) is 5.54 Å². The van der Waals surface area contributed by atoms with E-state index in [4.69, 9.17) is 0 Å². The van der Waals surface area contributed by atoms with E-state index in [2.05, 4.69) is 45.0 Å². The zero-order valence-corrected chi connectivity index (χ0v) is 9.13. The van der Waals surface area contributed by atoms with Crippen LogP contribution in [0.4, 0.5) is 5.69 Å². The van der Waals surface area contributed by atoms with Crippen LogP contribution in [-0.4, -0.2) is 15.8 Å². The maximum absolute atomic E-state index is 4.29. The maximum Gasteiger partial charge on any atom is 0.0728 e. The van der Waals surface area contributed by atoms with Gasteiger partial charge < -0.3 is 5.32 Å². The summed E-state index contributed by atoms with van der Waals surface area (Å²) >= 11 is 0. The average Bonchev–Trinajstić information content (AvgIpc) is 2.32. The van der Waals surface area contributed by atoms with Crippen molar-refractivity contribution in [2.24, 2.45) is 0 Å². The van der Waals surface area contributed by atoms with Gasteiger partial charge in [0, 0.05) is 12.2 Å². The summed E-state index contributed by atoms with van der Waals surface area (Å²) in [5.41, 5.74) is 1.15. The van der Waals surface area contributed by atoms with Crippen molar-refractivity contribution < 1.29 is 0 Å². The molecule has 0 aliphatic rings. The number of aromatic nitrogens is 2. The van der Waals surface area contributed by atoms with Crippen molar-refractivity contribution in [1.29, 1.82) is 0 Å². The molecule has 0 amide bonds. The second kappa shape index (κ2) is 3.40. The van der Waals surface area contributed by atoms with Crippen molar-refractivity contribution in [3.63, 3.8) is 0 Å². The van der Waals surface area contributed by atoms with Crippen LogP contribution in [0.2, 0.25) is 0 Å². The van der Waals surface area contributed by atoms with Crippen LogP contribution in [0.5, 0.6) is 0 Å². The SMILES string of the molecule is CC(C)Nc1cnn(C(C)(C)C)c1. The Labute approximate surface area is 80.1 Å².